The van der Waals surface area contributed by atoms with Gasteiger partial charge in [-0.1, -0.05) is 20.8 Å². The van der Waals surface area contributed by atoms with E-state index in [9.17, 15) is 9.18 Å². The maximum Gasteiger partial charge on any atom is 0.192 e. The third-order valence-corrected chi connectivity index (χ3v) is 8.92. The normalized spacial score (nSPS) is 22.4. The second kappa shape index (κ2) is 5.53. The van der Waals surface area contributed by atoms with Crippen molar-refractivity contribution in [3.8, 4) is 5.75 Å². The monoisotopic (exact) mass is 310 g/mol. The van der Waals surface area contributed by atoms with Crippen molar-refractivity contribution in [2.75, 3.05) is 0 Å². The number of rotatable bonds is 3. The highest BCUT2D eigenvalue weighted by molar-refractivity contribution is 6.74. The van der Waals surface area contributed by atoms with Crippen LogP contribution in [0.4, 0.5) is 4.39 Å². The van der Waals surface area contributed by atoms with Crippen LogP contribution in [-0.2, 0) is 9.22 Å². The number of aldehydes is 1. The quantitative estimate of drug-likeness (QED) is 0.619. The van der Waals surface area contributed by atoms with Gasteiger partial charge in [0.25, 0.3) is 0 Å². The summed E-state index contributed by atoms with van der Waals surface area (Å²) in [6.07, 6.45) is 0.402. The Bertz CT molecular complexity index is 537. The molecule has 0 bridgehead atoms. The van der Waals surface area contributed by atoms with Crippen LogP contribution >= 0.6 is 0 Å². The van der Waals surface area contributed by atoms with Crippen molar-refractivity contribution in [1.29, 1.82) is 0 Å². The minimum absolute atomic E-state index is 0.0511. The molecule has 2 atom stereocenters. The average molecular weight is 310 g/mol. The zero-order valence-corrected chi connectivity index (χ0v) is 14.3. The fraction of sp³-hybridized carbons (Fsp3) is 0.562. The molecule has 0 spiro atoms. The Morgan fingerprint density at radius 3 is 2.62 bits per heavy atom. The molecular formula is C16H23FO3Si. The molecule has 0 amide bonds. The van der Waals surface area contributed by atoms with Gasteiger partial charge in [0, 0.05) is 12.0 Å². The predicted molar refractivity (Wildman–Crippen MR) is 82.5 cm³/mol. The second-order valence-electron chi connectivity index (χ2n) is 7.08. The molecule has 0 saturated carbocycles. The van der Waals surface area contributed by atoms with Gasteiger partial charge in [0.15, 0.2) is 20.7 Å². The summed E-state index contributed by atoms with van der Waals surface area (Å²) in [6, 6.07) is 4.37. The largest absolute Gasteiger partial charge is 0.482 e. The molecule has 0 N–H and O–H groups in total. The summed E-state index contributed by atoms with van der Waals surface area (Å²) in [4.78, 5) is 11.1. The summed E-state index contributed by atoms with van der Waals surface area (Å²) < 4.78 is 25.5. The van der Waals surface area contributed by atoms with Gasteiger partial charge in [0.1, 0.15) is 11.6 Å². The highest BCUT2D eigenvalue weighted by atomic mass is 28.4. The molecule has 0 radical (unpaired) electrons. The summed E-state index contributed by atoms with van der Waals surface area (Å²) in [6.45, 7) is 10.8. The smallest absolute Gasteiger partial charge is 0.192 e. The molecule has 0 saturated heterocycles. The molecule has 1 aromatic carbocycles. The number of carbonyl (C=O) groups excluding carboxylic acids is 1. The maximum absolute atomic E-state index is 13.5. The van der Waals surface area contributed by atoms with E-state index in [0.717, 1.165) is 6.29 Å². The molecule has 1 heterocycles. The Labute approximate surface area is 126 Å². The number of hydrogen-bond donors (Lipinski definition) is 0. The van der Waals surface area contributed by atoms with E-state index in [1.807, 2.05) is 0 Å². The van der Waals surface area contributed by atoms with E-state index in [-0.39, 0.29) is 17.0 Å². The number of benzene rings is 1. The zero-order valence-electron chi connectivity index (χ0n) is 13.3. The second-order valence-corrected chi connectivity index (χ2v) is 11.8. The van der Waals surface area contributed by atoms with Gasteiger partial charge >= 0.3 is 0 Å². The van der Waals surface area contributed by atoms with E-state index < -0.39 is 14.4 Å². The fourth-order valence-corrected chi connectivity index (χ4v) is 3.44. The van der Waals surface area contributed by atoms with Crippen molar-refractivity contribution in [3.63, 3.8) is 0 Å². The fourth-order valence-electron chi connectivity index (χ4n) is 2.15. The molecule has 1 aliphatic heterocycles. The van der Waals surface area contributed by atoms with Crippen LogP contribution in [0.2, 0.25) is 18.1 Å². The van der Waals surface area contributed by atoms with E-state index >= 15 is 0 Å². The molecule has 0 aromatic heterocycles. The van der Waals surface area contributed by atoms with Gasteiger partial charge < -0.3 is 9.16 Å². The third-order valence-electron chi connectivity index (χ3n) is 4.44. The first-order valence-electron chi connectivity index (χ1n) is 7.23. The lowest BCUT2D eigenvalue weighted by atomic mass is 9.99. The van der Waals surface area contributed by atoms with Gasteiger partial charge in [-0.15, -0.1) is 0 Å². The summed E-state index contributed by atoms with van der Waals surface area (Å²) >= 11 is 0. The molecule has 2 unspecified atom stereocenters. The molecule has 0 fully saturated rings. The SMILES string of the molecule is CC(C)(C)[Si](C)(C)OC1CC(C=O)Oc2ccc(F)cc21. The summed E-state index contributed by atoms with van der Waals surface area (Å²) in [5, 5.41) is 0.0511. The number of carbonyl (C=O) groups is 1. The molecule has 3 nitrogen and oxygen atoms in total. The number of hydrogen-bond acceptors (Lipinski definition) is 3. The van der Waals surface area contributed by atoms with Gasteiger partial charge in [0.05, 0.1) is 6.10 Å². The lowest BCUT2D eigenvalue weighted by Crippen LogP contribution is -2.43. The van der Waals surface area contributed by atoms with Crippen LogP contribution in [0.25, 0.3) is 0 Å². The summed E-state index contributed by atoms with van der Waals surface area (Å²) in [5.41, 5.74) is 0.706. The highest BCUT2D eigenvalue weighted by Gasteiger charge is 2.41. The zero-order chi connectivity index (χ0) is 15.8. The van der Waals surface area contributed by atoms with E-state index in [1.54, 1.807) is 6.07 Å². The minimum atomic E-state index is -2.01. The van der Waals surface area contributed by atoms with Gasteiger partial charge in [-0.25, -0.2) is 4.39 Å². The van der Waals surface area contributed by atoms with E-state index in [1.165, 1.54) is 12.1 Å². The van der Waals surface area contributed by atoms with Crippen LogP contribution in [0.3, 0.4) is 0 Å². The number of fused-ring (bicyclic) bond motifs is 1. The standard InChI is InChI=1S/C16H23FO3Si/c1-16(2,3)21(4,5)20-15-9-12(10-18)19-14-7-6-11(17)8-13(14)15/h6-8,10,12,15H,9H2,1-5H3. The molecule has 2 rings (SSSR count). The van der Waals surface area contributed by atoms with Gasteiger partial charge in [-0.2, -0.15) is 0 Å². The van der Waals surface area contributed by atoms with E-state index in [0.29, 0.717) is 17.7 Å². The van der Waals surface area contributed by atoms with Crippen molar-refractivity contribution in [2.45, 2.75) is 57.5 Å². The Morgan fingerprint density at radius 2 is 2.05 bits per heavy atom. The first-order chi connectivity index (χ1) is 9.64. The molecule has 1 aromatic rings. The lowest BCUT2D eigenvalue weighted by Gasteiger charge is -2.41. The Hall–Kier alpha value is -1.20. The van der Waals surface area contributed by atoms with Crippen molar-refractivity contribution < 1.29 is 18.3 Å². The van der Waals surface area contributed by atoms with Crippen LogP contribution < -0.4 is 4.74 Å². The minimum Gasteiger partial charge on any atom is -0.482 e. The van der Waals surface area contributed by atoms with E-state index in [4.69, 9.17) is 9.16 Å². The van der Waals surface area contributed by atoms with Gasteiger partial charge in [-0.05, 0) is 36.3 Å². The molecule has 5 heteroatoms. The van der Waals surface area contributed by atoms with Crippen molar-refractivity contribution in [2.24, 2.45) is 0 Å². The van der Waals surface area contributed by atoms with Crippen LogP contribution in [0.5, 0.6) is 5.75 Å². The van der Waals surface area contributed by atoms with Crippen LogP contribution in [-0.4, -0.2) is 20.7 Å². The first kappa shape index (κ1) is 16.2. The van der Waals surface area contributed by atoms with Crippen LogP contribution in [0, 0.1) is 5.82 Å². The molecule has 116 valence electrons. The summed E-state index contributed by atoms with van der Waals surface area (Å²) in [7, 11) is -2.01. The topological polar surface area (TPSA) is 35.5 Å². The lowest BCUT2D eigenvalue weighted by molar-refractivity contribution is -0.115. The molecule has 21 heavy (non-hydrogen) atoms. The van der Waals surface area contributed by atoms with Gasteiger partial charge in [0.2, 0.25) is 0 Å². The third kappa shape index (κ3) is 3.35. The molecular weight excluding hydrogens is 287 g/mol. The first-order valence-corrected chi connectivity index (χ1v) is 10.1. The van der Waals surface area contributed by atoms with Crippen molar-refractivity contribution in [1.82, 2.24) is 0 Å². The van der Waals surface area contributed by atoms with E-state index in [2.05, 4.69) is 33.9 Å². The van der Waals surface area contributed by atoms with Crippen LogP contribution in [0.15, 0.2) is 18.2 Å². The predicted octanol–water partition coefficient (Wildman–Crippen LogP) is 4.24. The Kier molecular flexibility index (Phi) is 4.26. The Balaban J connectivity index is 2.35. The van der Waals surface area contributed by atoms with Crippen molar-refractivity contribution >= 4 is 14.6 Å². The summed E-state index contributed by atoms with van der Waals surface area (Å²) in [5.74, 6) is 0.231. The average Bonchev–Trinajstić information content (AvgIpc) is 2.37. The maximum atomic E-state index is 13.5. The Morgan fingerprint density at radius 1 is 1.38 bits per heavy atom. The molecule has 0 aliphatic carbocycles. The highest BCUT2D eigenvalue weighted by Crippen LogP contribution is 2.44. The molecule has 1 aliphatic rings. The number of halogens is 1. The van der Waals surface area contributed by atoms with Crippen molar-refractivity contribution in [3.05, 3.63) is 29.6 Å². The van der Waals surface area contributed by atoms with Gasteiger partial charge in [-0.3, -0.25) is 4.79 Å². The number of ether oxygens (including phenoxy) is 1. The van der Waals surface area contributed by atoms with Crippen LogP contribution in [0.1, 0.15) is 38.9 Å².